The number of hydrogen-bond acceptors (Lipinski definition) is 4. The molecule has 3 nitrogen and oxygen atoms in total. The van der Waals surface area contributed by atoms with Gasteiger partial charge in [-0.3, -0.25) is 4.72 Å². The highest BCUT2D eigenvalue weighted by molar-refractivity contribution is 7.78. The molecule has 2 fully saturated rings. The first-order chi connectivity index (χ1) is 8.03. The summed E-state index contributed by atoms with van der Waals surface area (Å²) in [5, 5.41) is 13.3. The van der Waals surface area contributed by atoms with Gasteiger partial charge in [0.15, 0.2) is 0 Å². The van der Waals surface area contributed by atoms with Crippen molar-refractivity contribution < 1.29 is 5.11 Å². The van der Waals surface area contributed by atoms with Crippen LogP contribution in [0.5, 0.6) is 0 Å². The minimum Gasteiger partial charge on any atom is -0.392 e. The highest BCUT2D eigenvalue weighted by Gasteiger charge is 2.38. The first-order valence-corrected chi connectivity index (χ1v) is 7.33. The Labute approximate surface area is 110 Å². The van der Waals surface area contributed by atoms with E-state index in [1.54, 1.807) is 0 Å². The predicted octanol–water partition coefficient (Wildman–Crippen LogP) is 1.87. The number of aliphatic hydroxyl groups excluding tert-OH is 1. The Hall–Kier alpha value is 0.230. The van der Waals surface area contributed by atoms with Gasteiger partial charge in [-0.25, -0.2) is 0 Å². The molecule has 4 atom stereocenters. The van der Waals surface area contributed by atoms with E-state index in [0.717, 1.165) is 12.8 Å². The normalized spacial score (nSPS) is 38.8. The summed E-state index contributed by atoms with van der Waals surface area (Å²) in [4.78, 5) is 0. The summed E-state index contributed by atoms with van der Waals surface area (Å²) in [6, 6.07) is 0.860. The lowest BCUT2D eigenvalue weighted by molar-refractivity contribution is 0.0219. The zero-order valence-corrected chi connectivity index (χ0v) is 11.8. The van der Waals surface area contributed by atoms with Crippen LogP contribution in [0.1, 0.15) is 52.4 Å². The standard InChI is InChI=1S/C13H26N2OS/c1-13(2,14-11-6-7-12(11)16)9-4-3-5-10(8-9)15-17/h9-12,14-17H,3-8H2,1-2H3. The van der Waals surface area contributed by atoms with Gasteiger partial charge in [0.25, 0.3) is 0 Å². The fraction of sp³-hybridized carbons (Fsp3) is 1.00. The number of thiol groups is 1. The van der Waals surface area contributed by atoms with Crippen LogP contribution >= 0.6 is 12.8 Å². The molecule has 0 bridgehead atoms. The molecule has 0 radical (unpaired) electrons. The maximum absolute atomic E-state index is 9.68. The predicted molar refractivity (Wildman–Crippen MR) is 74.1 cm³/mol. The van der Waals surface area contributed by atoms with Gasteiger partial charge < -0.3 is 10.4 Å². The van der Waals surface area contributed by atoms with Crippen molar-refractivity contribution in [3.05, 3.63) is 0 Å². The summed E-state index contributed by atoms with van der Waals surface area (Å²) in [5.74, 6) is 0.675. The number of nitrogens with one attached hydrogen (secondary N) is 2. The Morgan fingerprint density at radius 2 is 1.94 bits per heavy atom. The van der Waals surface area contributed by atoms with Crippen LogP contribution < -0.4 is 10.0 Å². The second kappa shape index (κ2) is 5.47. The molecule has 0 aliphatic heterocycles. The molecule has 4 heteroatoms. The van der Waals surface area contributed by atoms with E-state index in [0.29, 0.717) is 18.0 Å². The molecule has 2 rings (SSSR count). The van der Waals surface area contributed by atoms with Gasteiger partial charge in [-0.15, -0.1) is 0 Å². The smallest absolute Gasteiger partial charge is 0.0694 e. The molecule has 4 unspecified atom stereocenters. The summed E-state index contributed by atoms with van der Waals surface area (Å²) in [7, 11) is 0. The molecule has 2 aliphatic rings. The second-order valence-corrected chi connectivity index (χ2v) is 6.56. The van der Waals surface area contributed by atoms with Gasteiger partial charge in [-0.1, -0.05) is 19.2 Å². The van der Waals surface area contributed by atoms with Crippen molar-refractivity contribution in [3.8, 4) is 0 Å². The third-order valence-electron chi connectivity index (χ3n) is 4.67. The molecule has 0 saturated heterocycles. The minimum absolute atomic E-state index is 0.120. The van der Waals surface area contributed by atoms with Crippen molar-refractivity contribution in [1.29, 1.82) is 0 Å². The summed E-state index contributed by atoms with van der Waals surface area (Å²) in [6.45, 7) is 4.56. The largest absolute Gasteiger partial charge is 0.392 e. The molecule has 2 saturated carbocycles. The molecule has 0 aromatic rings. The highest BCUT2D eigenvalue weighted by atomic mass is 32.1. The van der Waals surface area contributed by atoms with Gasteiger partial charge in [-0.05, 0) is 51.9 Å². The summed E-state index contributed by atoms with van der Waals surface area (Å²) >= 11 is 4.20. The lowest BCUT2D eigenvalue weighted by atomic mass is 9.73. The number of hydrogen-bond donors (Lipinski definition) is 4. The lowest BCUT2D eigenvalue weighted by Crippen LogP contribution is -2.59. The first kappa shape index (κ1) is 13.7. The van der Waals surface area contributed by atoms with Gasteiger partial charge in [0.1, 0.15) is 0 Å². The van der Waals surface area contributed by atoms with Crippen molar-refractivity contribution >= 4 is 12.8 Å². The van der Waals surface area contributed by atoms with E-state index >= 15 is 0 Å². The third kappa shape index (κ3) is 3.16. The quantitative estimate of drug-likeness (QED) is 0.582. The molecule has 0 spiro atoms. The van der Waals surface area contributed by atoms with Crippen LogP contribution in [0.25, 0.3) is 0 Å². The van der Waals surface area contributed by atoms with E-state index in [4.69, 9.17) is 0 Å². The maximum atomic E-state index is 9.68. The van der Waals surface area contributed by atoms with Gasteiger partial charge >= 0.3 is 0 Å². The zero-order chi connectivity index (χ0) is 12.5. The molecule has 2 aliphatic carbocycles. The molecule has 0 aromatic carbocycles. The summed E-state index contributed by atoms with van der Waals surface area (Å²) in [6.07, 6.45) is 6.94. The van der Waals surface area contributed by atoms with Crippen LogP contribution in [0.2, 0.25) is 0 Å². The Bertz CT molecular complexity index is 260. The Morgan fingerprint density at radius 1 is 1.18 bits per heavy atom. The third-order valence-corrected chi connectivity index (χ3v) is 5.04. The van der Waals surface area contributed by atoms with Crippen molar-refractivity contribution in [2.45, 2.75) is 76.1 Å². The summed E-state index contributed by atoms with van der Waals surface area (Å²) in [5.41, 5.74) is 0.120. The van der Waals surface area contributed by atoms with E-state index in [1.165, 1.54) is 25.7 Å². The van der Waals surface area contributed by atoms with Crippen molar-refractivity contribution in [2.24, 2.45) is 5.92 Å². The molecule has 17 heavy (non-hydrogen) atoms. The summed E-state index contributed by atoms with van der Waals surface area (Å²) < 4.78 is 3.11. The second-order valence-electron chi connectivity index (χ2n) is 6.31. The Morgan fingerprint density at radius 3 is 2.47 bits per heavy atom. The Balaban J connectivity index is 1.89. The van der Waals surface area contributed by atoms with Crippen LogP contribution in [-0.4, -0.2) is 28.8 Å². The van der Waals surface area contributed by atoms with E-state index in [-0.39, 0.29) is 11.6 Å². The van der Waals surface area contributed by atoms with Crippen LogP contribution in [-0.2, 0) is 0 Å². The zero-order valence-electron chi connectivity index (χ0n) is 10.9. The van der Waals surface area contributed by atoms with Crippen molar-refractivity contribution in [2.75, 3.05) is 0 Å². The van der Waals surface area contributed by atoms with E-state index in [2.05, 4.69) is 36.7 Å². The van der Waals surface area contributed by atoms with Gasteiger partial charge in [0.05, 0.1) is 6.10 Å². The topological polar surface area (TPSA) is 44.3 Å². The van der Waals surface area contributed by atoms with Crippen LogP contribution in [0.4, 0.5) is 0 Å². The molecule has 0 aromatic heterocycles. The molecular formula is C13H26N2OS. The fourth-order valence-corrected chi connectivity index (χ4v) is 3.44. The fourth-order valence-electron chi connectivity index (χ4n) is 3.21. The lowest BCUT2D eigenvalue weighted by Gasteiger charge is -2.46. The van der Waals surface area contributed by atoms with Gasteiger partial charge in [0.2, 0.25) is 0 Å². The monoisotopic (exact) mass is 258 g/mol. The number of aliphatic hydroxyl groups is 1. The van der Waals surface area contributed by atoms with Crippen LogP contribution in [0, 0.1) is 5.92 Å². The van der Waals surface area contributed by atoms with E-state index in [1.807, 2.05) is 0 Å². The Kier molecular flexibility index (Phi) is 4.40. The number of rotatable bonds is 4. The van der Waals surface area contributed by atoms with Gasteiger partial charge in [0, 0.05) is 17.6 Å². The van der Waals surface area contributed by atoms with Crippen LogP contribution in [0.3, 0.4) is 0 Å². The molecule has 100 valence electrons. The molecule has 0 heterocycles. The molecule has 0 amide bonds. The van der Waals surface area contributed by atoms with Crippen molar-refractivity contribution in [1.82, 2.24) is 10.0 Å². The molecular weight excluding hydrogens is 232 g/mol. The van der Waals surface area contributed by atoms with E-state index < -0.39 is 0 Å². The highest BCUT2D eigenvalue weighted by Crippen LogP contribution is 2.34. The SMILES string of the molecule is CC(C)(NC1CCC1O)C1CCCC(NS)C1. The molecule has 3 N–H and O–H groups in total. The van der Waals surface area contributed by atoms with E-state index in [9.17, 15) is 5.11 Å². The first-order valence-electron chi connectivity index (χ1n) is 6.88. The van der Waals surface area contributed by atoms with Crippen LogP contribution in [0.15, 0.2) is 0 Å². The average Bonchev–Trinajstić information content (AvgIpc) is 2.34. The average molecular weight is 258 g/mol. The minimum atomic E-state index is -0.128. The van der Waals surface area contributed by atoms with Gasteiger partial charge in [-0.2, -0.15) is 0 Å². The van der Waals surface area contributed by atoms with Crippen molar-refractivity contribution in [3.63, 3.8) is 0 Å². The maximum Gasteiger partial charge on any atom is 0.0694 e.